The topological polar surface area (TPSA) is 69.4 Å². The summed E-state index contributed by atoms with van der Waals surface area (Å²) in [7, 11) is -4.07. The monoisotopic (exact) mass is 293 g/mol. The van der Waals surface area contributed by atoms with Crippen molar-refractivity contribution < 1.29 is 21.9 Å². The molecular weight excluding hydrogens is 276 g/mol. The molecule has 0 fully saturated rings. The van der Waals surface area contributed by atoms with Crippen LogP contribution >= 0.6 is 0 Å². The van der Waals surface area contributed by atoms with Crippen LogP contribution in [-0.4, -0.2) is 27.4 Å². The first-order valence-electron chi connectivity index (χ1n) is 5.79. The van der Waals surface area contributed by atoms with Crippen LogP contribution in [0.4, 0.5) is 14.5 Å². The molecule has 7 heteroatoms. The fraction of sp³-hybridized carbons (Fsp3) is 0.500. The molecule has 0 aliphatic carbocycles. The third-order valence-electron chi connectivity index (χ3n) is 2.28. The van der Waals surface area contributed by atoms with Crippen molar-refractivity contribution in [2.75, 3.05) is 24.7 Å². The summed E-state index contributed by atoms with van der Waals surface area (Å²) < 4.78 is 55.8. The Kier molecular flexibility index (Phi) is 5.25. The van der Waals surface area contributed by atoms with E-state index in [9.17, 15) is 17.2 Å². The zero-order valence-electron chi connectivity index (χ0n) is 10.8. The number of ether oxygens (including phenoxy) is 1. The highest BCUT2D eigenvalue weighted by Crippen LogP contribution is 2.22. The standard InChI is InChI=1S/C12H17F2NO3S/c1-8(2)7-18-3-4-19(16,17)12-10(13)5-9(15)6-11(12)14/h5-6,8H,3-4,7,15H2,1-2H3. The number of benzene rings is 1. The van der Waals surface area contributed by atoms with Crippen molar-refractivity contribution in [1.29, 1.82) is 0 Å². The zero-order chi connectivity index (χ0) is 14.6. The largest absolute Gasteiger partial charge is 0.399 e. The number of nitrogens with two attached hydrogens (primary N) is 1. The lowest BCUT2D eigenvalue weighted by molar-refractivity contribution is 0.123. The van der Waals surface area contributed by atoms with Crippen LogP contribution in [0.15, 0.2) is 17.0 Å². The number of rotatable bonds is 6. The van der Waals surface area contributed by atoms with Crippen molar-refractivity contribution in [3.63, 3.8) is 0 Å². The van der Waals surface area contributed by atoms with Crippen molar-refractivity contribution >= 4 is 15.5 Å². The van der Waals surface area contributed by atoms with Crippen LogP contribution in [0.1, 0.15) is 13.8 Å². The molecule has 0 atom stereocenters. The number of hydrogen-bond acceptors (Lipinski definition) is 4. The lowest BCUT2D eigenvalue weighted by Gasteiger charge is -2.09. The van der Waals surface area contributed by atoms with E-state index >= 15 is 0 Å². The van der Waals surface area contributed by atoms with Gasteiger partial charge in [0.2, 0.25) is 0 Å². The van der Waals surface area contributed by atoms with Gasteiger partial charge in [0.25, 0.3) is 0 Å². The van der Waals surface area contributed by atoms with Crippen LogP contribution in [0.5, 0.6) is 0 Å². The fourth-order valence-corrected chi connectivity index (χ4v) is 2.72. The SMILES string of the molecule is CC(C)COCCS(=O)(=O)c1c(F)cc(N)cc1F. The summed E-state index contributed by atoms with van der Waals surface area (Å²) in [6, 6.07) is 1.57. The van der Waals surface area contributed by atoms with E-state index in [0.29, 0.717) is 6.61 Å². The maximum absolute atomic E-state index is 13.5. The Morgan fingerprint density at radius 2 is 1.79 bits per heavy atom. The average Bonchev–Trinajstić information content (AvgIpc) is 2.22. The smallest absolute Gasteiger partial charge is 0.186 e. The number of hydrogen-bond donors (Lipinski definition) is 1. The first-order chi connectivity index (χ1) is 8.74. The van der Waals surface area contributed by atoms with Crippen molar-refractivity contribution in [3.05, 3.63) is 23.8 Å². The van der Waals surface area contributed by atoms with E-state index in [1.54, 1.807) is 0 Å². The maximum atomic E-state index is 13.5. The van der Waals surface area contributed by atoms with Crippen LogP contribution < -0.4 is 5.73 Å². The Morgan fingerprint density at radius 3 is 2.26 bits per heavy atom. The minimum atomic E-state index is -4.07. The number of nitrogen functional groups attached to an aromatic ring is 1. The highest BCUT2D eigenvalue weighted by molar-refractivity contribution is 7.91. The molecule has 1 aromatic rings. The van der Waals surface area contributed by atoms with E-state index in [4.69, 9.17) is 10.5 Å². The van der Waals surface area contributed by atoms with Gasteiger partial charge in [0.05, 0.1) is 12.4 Å². The fourth-order valence-electron chi connectivity index (χ4n) is 1.47. The summed E-state index contributed by atoms with van der Waals surface area (Å²) in [6.45, 7) is 4.10. The molecule has 0 spiro atoms. The molecule has 0 unspecified atom stereocenters. The number of halogens is 2. The second-order valence-electron chi connectivity index (χ2n) is 4.60. The first kappa shape index (κ1) is 15.8. The number of anilines is 1. The molecule has 0 amide bonds. The van der Waals surface area contributed by atoms with E-state index in [-0.39, 0.29) is 18.2 Å². The van der Waals surface area contributed by atoms with E-state index in [1.807, 2.05) is 13.8 Å². The number of sulfone groups is 1. The van der Waals surface area contributed by atoms with Crippen LogP contribution in [-0.2, 0) is 14.6 Å². The Morgan fingerprint density at radius 1 is 1.26 bits per heavy atom. The molecule has 0 saturated heterocycles. The molecule has 0 aromatic heterocycles. The van der Waals surface area contributed by atoms with E-state index in [0.717, 1.165) is 12.1 Å². The second kappa shape index (κ2) is 6.29. The third-order valence-corrected chi connectivity index (χ3v) is 4.00. The molecule has 0 radical (unpaired) electrons. The molecule has 1 aromatic carbocycles. The predicted octanol–water partition coefficient (Wildman–Crippen LogP) is 1.99. The van der Waals surface area contributed by atoms with Crippen molar-refractivity contribution in [1.82, 2.24) is 0 Å². The van der Waals surface area contributed by atoms with Gasteiger partial charge < -0.3 is 10.5 Å². The summed E-state index contributed by atoms with van der Waals surface area (Å²) in [5, 5.41) is 0. The summed E-state index contributed by atoms with van der Waals surface area (Å²) in [4.78, 5) is -0.949. The maximum Gasteiger partial charge on any atom is 0.186 e. The van der Waals surface area contributed by atoms with E-state index < -0.39 is 32.1 Å². The molecule has 2 N–H and O–H groups in total. The molecule has 0 aliphatic heterocycles. The molecule has 0 saturated carbocycles. The molecule has 0 bridgehead atoms. The van der Waals surface area contributed by atoms with Gasteiger partial charge in [-0.3, -0.25) is 0 Å². The second-order valence-corrected chi connectivity index (χ2v) is 6.65. The van der Waals surface area contributed by atoms with Gasteiger partial charge in [-0.2, -0.15) is 0 Å². The van der Waals surface area contributed by atoms with Gasteiger partial charge in [0.15, 0.2) is 9.84 Å². The van der Waals surface area contributed by atoms with Crippen molar-refractivity contribution in [2.45, 2.75) is 18.7 Å². The molecule has 0 aliphatic rings. The highest BCUT2D eigenvalue weighted by Gasteiger charge is 2.24. The van der Waals surface area contributed by atoms with E-state index in [2.05, 4.69) is 0 Å². The van der Waals surface area contributed by atoms with Gasteiger partial charge in [0.1, 0.15) is 16.5 Å². The molecular formula is C12H17F2NO3S. The van der Waals surface area contributed by atoms with Gasteiger partial charge in [-0.15, -0.1) is 0 Å². The quantitative estimate of drug-likeness (QED) is 0.643. The van der Waals surface area contributed by atoms with Gasteiger partial charge >= 0.3 is 0 Å². The molecule has 108 valence electrons. The molecule has 1 rings (SSSR count). The lowest BCUT2D eigenvalue weighted by Crippen LogP contribution is -2.17. The van der Waals surface area contributed by atoms with Gasteiger partial charge in [-0.1, -0.05) is 13.8 Å². The minimum Gasteiger partial charge on any atom is -0.399 e. The zero-order valence-corrected chi connectivity index (χ0v) is 11.6. The van der Waals surface area contributed by atoms with Crippen molar-refractivity contribution in [2.24, 2.45) is 5.92 Å². The third kappa shape index (κ3) is 4.43. The van der Waals surface area contributed by atoms with E-state index in [1.165, 1.54) is 0 Å². The molecule has 4 nitrogen and oxygen atoms in total. The normalized spacial score (nSPS) is 12.1. The summed E-state index contributed by atoms with van der Waals surface area (Å²) >= 11 is 0. The van der Waals surface area contributed by atoms with Crippen molar-refractivity contribution in [3.8, 4) is 0 Å². The molecule has 19 heavy (non-hydrogen) atoms. The van der Waals surface area contributed by atoms with Gasteiger partial charge in [-0.25, -0.2) is 17.2 Å². The summed E-state index contributed by atoms with van der Waals surface area (Å²) in [5.74, 6) is -2.58. The van der Waals surface area contributed by atoms with Gasteiger partial charge in [-0.05, 0) is 18.1 Å². The minimum absolute atomic E-state index is 0.107. The van der Waals surface area contributed by atoms with Gasteiger partial charge in [0, 0.05) is 12.3 Å². The first-order valence-corrected chi connectivity index (χ1v) is 7.44. The predicted molar refractivity (Wildman–Crippen MR) is 68.5 cm³/mol. The van der Waals surface area contributed by atoms with Crippen LogP contribution in [0.25, 0.3) is 0 Å². The Bertz CT molecular complexity index is 521. The Labute approximate surface area is 111 Å². The highest BCUT2D eigenvalue weighted by atomic mass is 32.2. The van der Waals surface area contributed by atoms with Crippen LogP contribution in [0.2, 0.25) is 0 Å². The lowest BCUT2D eigenvalue weighted by atomic mass is 10.2. The molecule has 0 heterocycles. The summed E-state index contributed by atoms with van der Waals surface area (Å²) in [5.41, 5.74) is 5.07. The van der Waals surface area contributed by atoms with Crippen LogP contribution in [0, 0.1) is 17.6 Å². The summed E-state index contributed by atoms with van der Waals surface area (Å²) in [6.07, 6.45) is 0. The Balaban J connectivity index is 2.84. The average molecular weight is 293 g/mol. The van der Waals surface area contributed by atoms with Crippen LogP contribution in [0.3, 0.4) is 0 Å². The Hall–Kier alpha value is -1.21.